The van der Waals surface area contributed by atoms with Crippen LogP contribution in [0.4, 0.5) is 4.79 Å². The van der Waals surface area contributed by atoms with Crippen LogP contribution in [0.15, 0.2) is 54.6 Å². The molecule has 1 aliphatic rings. The minimum absolute atomic E-state index is 0.0423. The Morgan fingerprint density at radius 1 is 1.10 bits per heavy atom. The van der Waals surface area contributed by atoms with E-state index >= 15 is 0 Å². The fourth-order valence-electron chi connectivity index (χ4n) is 4.43. The normalized spacial score (nSPS) is 17.5. The Kier molecular flexibility index (Phi) is 9.94. The Balaban J connectivity index is 1.98. The molecule has 2 aromatic carbocycles. The summed E-state index contributed by atoms with van der Waals surface area (Å²) in [5.41, 5.74) is 6.69. The van der Waals surface area contributed by atoms with E-state index in [1.54, 1.807) is 45.0 Å². The highest BCUT2D eigenvalue weighted by Gasteiger charge is 2.48. The molecule has 0 aromatic heterocycles. The van der Waals surface area contributed by atoms with Crippen molar-refractivity contribution in [1.82, 2.24) is 15.5 Å². The minimum Gasteiger partial charge on any atom is -0.444 e. The third-order valence-electron chi connectivity index (χ3n) is 6.58. The Labute approximate surface area is 235 Å². The van der Waals surface area contributed by atoms with Gasteiger partial charge in [0.25, 0.3) is 0 Å². The van der Waals surface area contributed by atoms with Gasteiger partial charge in [-0.15, -0.1) is 6.42 Å². The molecular formula is C31H38N4O5. The maximum atomic E-state index is 14.2. The number of amides is 4. The maximum absolute atomic E-state index is 14.2. The number of primary amides is 1. The molecule has 40 heavy (non-hydrogen) atoms. The smallest absolute Gasteiger partial charge is 0.408 e. The molecule has 0 bridgehead atoms. The second-order valence-electron chi connectivity index (χ2n) is 11.1. The van der Waals surface area contributed by atoms with Gasteiger partial charge in [-0.05, 0) is 62.8 Å². The van der Waals surface area contributed by atoms with E-state index in [1.165, 1.54) is 4.90 Å². The Hall–Kier alpha value is -4.32. The van der Waals surface area contributed by atoms with Crippen molar-refractivity contribution < 1.29 is 23.9 Å². The summed E-state index contributed by atoms with van der Waals surface area (Å²) in [5, 5.41) is 5.57. The third kappa shape index (κ3) is 8.60. The third-order valence-corrected chi connectivity index (χ3v) is 6.58. The van der Waals surface area contributed by atoms with Crippen molar-refractivity contribution in [2.75, 3.05) is 0 Å². The van der Waals surface area contributed by atoms with Gasteiger partial charge >= 0.3 is 6.09 Å². The predicted octanol–water partition coefficient (Wildman–Crippen LogP) is 3.42. The number of nitrogens with zero attached hydrogens (tertiary/aromatic N) is 1. The van der Waals surface area contributed by atoms with Crippen molar-refractivity contribution in [3.63, 3.8) is 0 Å². The largest absolute Gasteiger partial charge is 0.444 e. The van der Waals surface area contributed by atoms with Crippen LogP contribution in [0.3, 0.4) is 0 Å². The molecule has 0 heterocycles. The molecule has 9 heteroatoms. The number of benzene rings is 2. The fourth-order valence-corrected chi connectivity index (χ4v) is 4.43. The van der Waals surface area contributed by atoms with Crippen LogP contribution in [0.25, 0.3) is 0 Å². The van der Waals surface area contributed by atoms with Crippen LogP contribution in [0.5, 0.6) is 0 Å². The average molecular weight is 547 g/mol. The minimum atomic E-state index is -1.13. The number of nitrogens with two attached hydrogens (primary N) is 1. The quantitative estimate of drug-likeness (QED) is 0.372. The highest BCUT2D eigenvalue weighted by atomic mass is 16.6. The molecular weight excluding hydrogens is 508 g/mol. The highest BCUT2D eigenvalue weighted by Crippen LogP contribution is 2.41. The molecule has 4 amide bonds. The van der Waals surface area contributed by atoms with E-state index in [0.717, 1.165) is 5.56 Å². The van der Waals surface area contributed by atoms with Crippen LogP contribution in [0.2, 0.25) is 0 Å². The van der Waals surface area contributed by atoms with Crippen molar-refractivity contribution in [3.8, 4) is 12.3 Å². The summed E-state index contributed by atoms with van der Waals surface area (Å²) in [6.45, 7) is 7.38. The van der Waals surface area contributed by atoms with Gasteiger partial charge < -0.3 is 26.0 Å². The van der Waals surface area contributed by atoms with Crippen molar-refractivity contribution in [2.45, 2.75) is 77.2 Å². The van der Waals surface area contributed by atoms with Gasteiger partial charge in [-0.25, -0.2) is 4.79 Å². The maximum Gasteiger partial charge on any atom is 0.408 e. The molecule has 0 aliphatic heterocycles. The zero-order chi connectivity index (χ0) is 29.4. The molecule has 0 spiro atoms. The van der Waals surface area contributed by atoms with Gasteiger partial charge in [0, 0.05) is 24.6 Å². The molecule has 9 nitrogen and oxygen atoms in total. The summed E-state index contributed by atoms with van der Waals surface area (Å²) >= 11 is 0. The number of hydrogen-bond acceptors (Lipinski definition) is 5. The van der Waals surface area contributed by atoms with E-state index in [-0.39, 0.29) is 37.3 Å². The first-order valence-electron chi connectivity index (χ1n) is 13.4. The summed E-state index contributed by atoms with van der Waals surface area (Å²) in [7, 11) is 0. The molecule has 4 N–H and O–H groups in total. The number of carbonyl (C=O) groups excluding carboxylic acids is 4. The fraction of sp³-hybridized carbons (Fsp3) is 0.419. The number of terminal acetylenes is 1. The van der Waals surface area contributed by atoms with Gasteiger partial charge in [0.05, 0.1) is 0 Å². The van der Waals surface area contributed by atoms with Gasteiger partial charge in [0.1, 0.15) is 17.7 Å². The van der Waals surface area contributed by atoms with Crippen molar-refractivity contribution in [1.29, 1.82) is 0 Å². The van der Waals surface area contributed by atoms with E-state index in [2.05, 4.69) is 16.6 Å². The molecule has 0 radical (unpaired) electrons. The lowest BCUT2D eigenvalue weighted by Crippen LogP contribution is -2.54. The first-order valence-corrected chi connectivity index (χ1v) is 13.4. The van der Waals surface area contributed by atoms with E-state index in [9.17, 15) is 19.2 Å². The van der Waals surface area contributed by atoms with Crippen molar-refractivity contribution in [3.05, 3.63) is 71.3 Å². The predicted molar refractivity (Wildman–Crippen MR) is 151 cm³/mol. The zero-order valence-corrected chi connectivity index (χ0v) is 23.5. The first kappa shape index (κ1) is 30.2. The second-order valence-corrected chi connectivity index (χ2v) is 11.1. The number of ether oxygens (including phenoxy) is 1. The van der Waals surface area contributed by atoms with Crippen LogP contribution in [0, 0.1) is 18.3 Å². The molecule has 1 fully saturated rings. The van der Waals surface area contributed by atoms with E-state index in [0.29, 0.717) is 17.5 Å². The van der Waals surface area contributed by atoms with Crippen LogP contribution >= 0.6 is 0 Å². The van der Waals surface area contributed by atoms with Gasteiger partial charge in [-0.1, -0.05) is 55.3 Å². The molecule has 3 rings (SSSR count). The SMILES string of the molecule is C#Cc1ccc(C(C(=O)NCc2ccccc2)N(C(=O)C(CCC(N)=O)NC(=O)OC(C)(C)C)C2CC2C)cc1. The summed E-state index contributed by atoms with van der Waals surface area (Å²) < 4.78 is 5.37. The molecule has 4 atom stereocenters. The summed E-state index contributed by atoms with van der Waals surface area (Å²) in [6.07, 6.45) is 5.24. The lowest BCUT2D eigenvalue weighted by Gasteiger charge is -2.35. The van der Waals surface area contributed by atoms with Gasteiger partial charge in [0.2, 0.25) is 17.7 Å². The lowest BCUT2D eigenvalue weighted by molar-refractivity contribution is -0.143. The van der Waals surface area contributed by atoms with Crippen LogP contribution in [-0.4, -0.2) is 46.4 Å². The number of rotatable bonds is 11. The van der Waals surface area contributed by atoms with Gasteiger partial charge in [0.15, 0.2) is 0 Å². The van der Waals surface area contributed by atoms with Crippen LogP contribution in [-0.2, 0) is 25.7 Å². The monoisotopic (exact) mass is 546 g/mol. The van der Waals surface area contributed by atoms with Crippen LogP contribution in [0.1, 0.15) is 69.7 Å². The Morgan fingerprint density at radius 2 is 1.73 bits per heavy atom. The van der Waals surface area contributed by atoms with Gasteiger partial charge in [-0.3, -0.25) is 14.4 Å². The average Bonchev–Trinajstić information content (AvgIpc) is 3.62. The topological polar surface area (TPSA) is 131 Å². The highest BCUT2D eigenvalue weighted by molar-refractivity contribution is 5.93. The molecule has 0 saturated heterocycles. The molecule has 1 saturated carbocycles. The first-order chi connectivity index (χ1) is 18.9. The van der Waals surface area contributed by atoms with E-state index < -0.39 is 35.6 Å². The van der Waals surface area contributed by atoms with Gasteiger partial charge in [-0.2, -0.15) is 0 Å². The number of alkyl carbamates (subject to hydrolysis) is 1. The Morgan fingerprint density at radius 3 is 2.25 bits per heavy atom. The second kappa shape index (κ2) is 13.2. The summed E-state index contributed by atoms with van der Waals surface area (Å²) in [6, 6.07) is 14.0. The number of hydrogen-bond donors (Lipinski definition) is 3. The Bertz CT molecular complexity index is 1250. The molecule has 4 unspecified atom stereocenters. The summed E-state index contributed by atoms with van der Waals surface area (Å²) in [5.74, 6) is 1.21. The molecule has 2 aromatic rings. The van der Waals surface area contributed by atoms with Crippen LogP contribution < -0.4 is 16.4 Å². The van der Waals surface area contributed by atoms with E-state index in [1.807, 2.05) is 37.3 Å². The van der Waals surface area contributed by atoms with E-state index in [4.69, 9.17) is 16.9 Å². The molecule has 212 valence electrons. The van der Waals surface area contributed by atoms with Crippen molar-refractivity contribution >= 4 is 23.8 Å². The number of carbonyl (C=O) groups is 4. The zero-order valence-electron chi connectivity index (χ0n) is 23.5. The lowest BCUT2D eigenvalue weighted by atomic mass is 9.99. The standard InChI is InChI=1S/C31H38N4O5/c1-6-21-12-14-23(15-13-21)27(28(37)33-19-22-10-8-7-9-11-22)35(25-18-20(25)2)29(38)24(16-17-26(32)36)34-30(39)40-31(3,4)5/h1,7-15,20,24-25,27H,16-19H2,2-5H3,(H2,32,36)(H,33,37)(H,34,39). The number of nitrogens with one attached hydrogen (secondary N) is 2. The summed E-state index contributed by atoms with van der Waals surface area (Å²) in [4.78, 5) is 53.8. The molecule has 1 aliphatic carbocycles. The van der Waals surface area contributed by atoms with Crippen molar-refractivity contribution in [2.24, 2.45) is 11.7 Å².